The zero-order chi connectivity index (χ0) is 20.2. The van der Waals surface area contributed by atoms with E-state index in [-0.39, 0.29) is 5.56 Å². The van der Waals surface area contributed by atoms with E-state index in [9.17, 15) is 4.79 Å². The highest BCUT2D eigenvalue weighted by Crippen LogP contribution is 2.06. The van der Waals surface area contributed by atoms with Crippen molar-refractivity contribution in [3.63, 3.8) is 0 Å². The Kier molecular flexibility index (Phi) is 9.05. The van der Waals surface area contributed by atoms with Gasteiger partial charge in [0.15, 0.2) is 5.96 Å². The molecule has 28 heavy (non-hydrogen) atoms. The summed E-state index contributed by atoms with van der Waals surface area (Å²) in [7, 11) is 3.89. The molecule has 0 fully saturated rings. The Morgan fingerprint density at radius 1 is 1.14 bits per heavy atom. The Balaban J connectivity index is 1.81. The van der Waals surface area contributed by atoms with Gasteiger partial charge in [-0.2, -0.15) is 0 Å². The van der Waals surface area contributed by atoms with Gasteiger partial charge in [-0.15, -0.1) is 6.58 Å². The predicted octanol–water partition coefficient (Wildman–Crippen LogP) is 3.65. The molecule has 0 aliphatic heterocycles. The topological polar surface area (TPSA) is 49.6 Å². The Hall–Kier alpha value is -2.82. The summed E-state index contributed by atoms with van der Waals surface area (Å²) in [4.78, 5) is 18.4. The highest BCUT2D eigenvalue weighted by molar-refractivity contribution is 5.79. The smallest absolute Gasteiger partial charge is 0.250 e. The highest BCUT2D eigenvalue weighted by Gasteiger charge is 2.05. The van der Waals surface area contributed by atoms with Crippen molar-refractivity contribution in [2.45, 2.75) is 38.8 Å². The molecule has 0 atom stereocenters. The maximum absolute atomic E-state index is 11.8. The Morgan fingerprint density at radius 2 is 1.89 bits per heavy atom. The lowest BCUT2D eigenvalue weighted by Crippen LogP contribution is -2.39. The Labute approximate surface area is 168 Å². The van der Waals surface area contributed by atoms with E-state index in [1.54, 1.807) is 16.7 Å². The first-order valence-corrected chi connectivity index (χ1v) is 9.90. The zero-order valence-corrected chi connectivity index (χ0v) is 17.1. The van der Waals surface area contributed by atoms with Crippen LogP contribution in [0.5, 0.6) is 0 Å². The Bertz CT molecular complexity index is 808. The van der Waals surface area contributed by atoms with Crippen LogP contribution in [0.3, 0.4) is 0 Å². The van der Waals surface area contributed by atoms with Crippen molar-refractivity contribution in [3.05, 3.63) is 82.8 Å². The second kappa shape index (κ2) is 11.8. The minimum atomic E-state index is 0.0181. The summed E-state index contributed by atoms with van der Waals surface area (Å²) < 4.78 is 1.71. The number of benzene rings is 1. The largest absolute Gasteiger partial charge is 0.352 e. The molecule has 1 aromatic carbocycles. The van der Waals surface area contributed by atoms with E-state index < -0.39 is 0 Å². The molecule has 0 amide bonds. The maximum atomic E-state index is 11.8. The molecule has 0 saturated heterocycles. The highest BCUT2D eigenvalue weighted by atomic mass is 16.1. The van der Waals surface area contributed by atoms with Gasteiger partial charge in [-0.05, 0) is 36.5 Å². The number of unbranched alkanes of at least 4 members (excludes halogenated alkanes) is 3. The van der Waals surface area contributed by atoms with Crippen LogP contribution < -0.4 is 10.9 Å². The van der Waals surface area contributed by atoms with Crippen LogP contribution in [0, 0.1) is 0 Å². The zero-order valence-electron chi connectivity index (χ0n) is 17.1. The molecule has 0 bridgehead atoms. The molecule has 2 aromatic rings. The van der Waals surface area contributed by atoms with Crippen LogP contribution >= 0.6 is 0 Å². The molecule has 0 radical (unpaired) electrons. The minimum absolute atomic E-state index is 0.0181. The fraction of sp³-hybridized carbons (Fsp3) is 0.391. The number of allylic oxidation sites excluding steroid dienone is 1. The number of nitrogens with one attached hydrogen (secondary N) is 1. The summed E-state index contributed by atoms with van der Waals surface area (Å²) in [5, 5.41) is 3.42. The van der Waals surface area contributed by atoms with Gasteiger partial charge in [-0.3, -0.25) is 9.79 Å². The summed E-state index contributed by atoms with van der Waals surface area (Å²) in [6, 6.07) is 13.6. The van der Waals surface area contributed by atoms with Gasteiger partial charge in [-0.25, -0.2) is 0 Å². The molecule has 1 aromatic heterocycles. The van der Waals surface area contributed by atoms with Crippen molar-refractivity contribution in [1.82, 2.24) is 14.8 Å². The van der Waals surface area contributed by atoms with Crippen LogP contribution in [0.1, 0.15) is 36.8 Å². The van der Waals surface area contributed by atoms with Crippen LogP contribution in [0.4, 0.5) is 0 Å². The third-order valence-electron chi connectivity index (χ3n) is 4.70. The molecule has 0 aliphatic rings. The second-order valence-electron chi connectivity index (χ2n) is 6.94. The standard InChI is InChI=1S/C23H32N4O/c1-4-5-6-7-9-16-26(3)23(24-2)25-18-20-12-14-21(15-13-20)19-27-17-10-8-11-22(27)28/h4,8,10-15,17H,1,5-7,9,16,18-19H2,2-3H3,(H,24,25). The van der Waals surface area contributed by atoms with Crippen molar-refractivity contribution in [2.75, 3.05) is 20.6 Å². The van der Waals surface area contributed by atoms with Gasteiger partial charge in [0.1, 0.15) is 0 Å². The van der Waals surface area contributed by atoms with Crippen molar-refractivity contribution in [1.29, 1.82) is 0 Å². The van der Waals surface area contributed by atoms with Gasteiger partial charge in [0.05, 0.1) is 6.54 Å². The molecule has 5 heteroatoms. The van der Waals surface area contributed by atoms with Gasteiger partial charge in [0.2, 0.25) is 0 Å². The summed E-state index contributed by atoms with van der Waals surface area (Å²) in [5.74, 6) is 0.906. The number of guanidine groups is 1. The number of aromatic nitrogens is 1. The van der Waals surface area contributed by atoms with E-state index >= 15 is 0 Å². The molecule has 150 valence electrons. The SMILES string of the molecule is C=CCCCCCN(C)C(=NC)NCc1ccc(Cn2ccccc2=O)cc1. The monoisotopic (exact) mass is 380 g/mol. The molecule has 0 saturated carbocycles. The van der Waals surface area contributed by atoms with Gasteiger partial charge in [0, 0.05) is 39.4 Å². The average molecular weight is 381 g/mol. The van der Waals surface area contributed by atoms with Crippen LogP contribution in [0.25, 0.3) is 0 Å². The quantitative estimate of drug-likeness (QED) is 0.296. The van der Waals surface area contributed by atoms with E-state index in [4.69, 9.17) is 0 Å². The van der Waals surface area contributed by atoms with Gasteiger partial charge >= 0.3 is 0 Å². The lowest BCUT2D eigenvalue weighted by molar-refractivity contribution is 0.455. The molecular weight excluding hydrogens is 348 g/mol. The molecule has 1 heterocycles. The van der Waals surface area contributed by atoms with E-state index in [0.29, 0.717) is 6.54 Å². The molecule has 1 N–H and O–H groups in total. The number of pyridine rings is 1. The van der Waals surface area contributed by atoms with E-state index in [1.807, 2.05) is 25.4 Å². The van der Waals surface area contributed by atoms with Crippen molar-refractivity contribution in [2.24, 2.45) is 4.99 Å². The number of rotatable bonds is 10. The number of aliphatic imine (C=N–C) groups is 1. The van der Waals surface area contributed by atoms with Crippen LogP contribution in [-0.2, 0) is 13.1 Å². The van der Waals surface area contributed by atoms with E-state index in [1.165, 1.54) is 18.4 Å². The minimum Gasteiger partial charge on any atom is -0.352 e. The predicted molar refractivity (Wildman–Crippen MR) is 118 cm³/mol. The lowest BCUT2D eigenvalue weighted by atomic mass is 10.1. The number of hydrogen-bond donors (Lipinski definition) is 1. The molecule has 5 nitrogen and oxygen atoms in total. The normalized spacial score (nSPS) is 11.3. The van der Waals surface area contributed by atoms with Crippen molar-refractivity contribution < 1.29 is 0 Å². The third kappa shape index (κ3) is 7.06. The second-order valence-corrected chi connectivity index (χ2v) is 6.94. The first-order valence-electron chi connectivity index (χ1n) is 9.90. The van der Waals surface area contributed by atoms with Crippen LogP contribution in [0.15, 0.2) is 71.1 Å². The summed E-state index contributed by atoms with van der Waals surface area (Å²) in [6.45, 7) is 6.06. The van der Waals surface area contributed by atoms with E-state index in [2.05, 4.69) is 53.1 Å². The molecule has 0 aliphatic carbocycles. The summed E-state index contributed by atoms with van der Waals surface area (Å²) in [6.07, 6.45) is 8.44. The third-order valence-corrected chi connectivity index (χ3v) is 4.70. The van der Waals surface area contributed by atoms with E-state index in [0.717, 1.165) is 37.5 Å². The number of nitrogens with zero attached hydrogens (tertiary/aromatic N) is 3. The van der Waals surface area contributed by atoms with Gasteiger partial charge < -0.3 is 14.8 Å². The first-order chi connectivity index (χ1) is 13.6. The molecule has 2 rings (SSSR count). The van der Waals surface area contributed by atoms with Crippen LogP contribution in [-0.4, -0.2) is 36.1 Å². The van der Waals surface area contributed by atoms with Crippen molar-refractivity contribution in [3.8, 4) is 0 Å². The van der Waals surface area contributed by atoms with Gasteiger partial charge in [0.25, 0.3) is 5.56 Å². The molecular formula is C23H32N4O. The fourth-order valence-corrected chi connectivity index (χ4v) is 3.04. The van der Waals surface area contributed by atoms with Crippen molar-refractivity contribution >= 4 is 5.96 Å². The maximum Gasteiger partial charge on any atom is 0.250 e. The number of hydrogen-bond acceptors (Lipinski definition) is 2. The average Bonchev–Trinajstić information content (AvgIpc) is 2.71. The molecule has 0 unspecified atom stereocenters. The first kappa shape index (κ1) is 21.5. The van der Waals surface area contributed by atoms with Gasteiger partial charge in [-0.1, -0.05) is 42.8 Å². The van der Waals surface area contributed by atoms with Crippen LogP contribution in [0.2, 0.25) is 0 Å². The fourth-order valence-electron chi connectivity index (χ4n) is 3.04. The lowest BCUT2D eigenvalue weighted by Gasteiger charge is -2.22. The Morgan fingerprint density at radius 3 is 2.57 bits per heavy atom. The summed E-state index contributed by atoms with van der Waals surface area (Å²) in [5.41, 5.74) is 2.31. The molecule has 0 spiro atoms. The summed E-state index contributed by atoms with van der Waals surface area (Å²) >= 11 is 0.